The number of rotatable bonds is 3. The Kier molecular flexibility index (Phi) is 8.70. The van der Waals surface area contributed by atoms with E-state index in [1.54, 1.807) is 0 Å². The van der Waals surface area contributed by atoms with E-state index in [1.807, 2.05) is 4.90 Å². The zero-order chi connectivity index (χ0) is 13.1. The van der Waals surface area contributed by atoms with Crippen molar-refractivity contribution in [2.75, 3.05) is 32.9 Å². The average molecular weight is 350 g/mol. The topological polar surface area (TPSA) is 35.5 Å². The molecule has 0 aromatic heterocycles. The van der Waals surface area contributed by atoms with Gasteiger partial charge in [-0.1, -0.05) is 11.6 Å². The molecular weight excluding hydrogens is 333 g/mol. The van der Waals surface area contributed by atoms with Gasteiger partial charge in [-0.3, -0.25) is 4.90 Å². The van der Waals surface area contributed by atoms with Crippen molar-refractivity contribution in [3.05, 3.63) is 28.5 Å². The number of alkyl halides is 1. The van der Waals surface area contributed by atoms with Crippen molar-refractivity contribution in [1.29, 1.82) is 0 Å². The van der Waals surface area contributed by atoms with E-state index in [9.17, 15) is 13.9 Å². The Bertz CT molecular complexity index is 431. The van der Waals surface area contributed by atoms with E-state index in [4.69, 9.17) is 11.6 Å². The van der Waals surface area contributed by atoms with Crippen LogP contribution in [0.3, 0.4) is 0 Å². The standard InChI is InChI=1S/C12H15ClF2N2O.2ClH/c13-10-6-8(15)5-9(12(10)18)11(7-14)17-3-1-16-2-4-17;;/h5-6,11,16,18H,1-4,7H2;2*1H/t11-;;/m0../s1. The predicted octanol–water partition coefficient (Wildman–Crippen LogP) is 2.94. The smallest absolute Gasteiger partial charge is 0.139 e. The molecule has 0 spiro atoms. The summed E-state index contributed by atoms with van der Waals surface area (Å²) in [5, 5.41) is 12.9. The van der Waals surface area contributed by atoms with Gasteiger partial charge in [0.15, 0.2) is 0 Å². The average Bonchev–Trinajstić information content (AvgIpc) is 2.37. The first-order valence-electron chi connectivity index (χ1n) is 5.82. The molecule has 1 saturated heterocycles. The molecule has 3 nitrogen and oxygen atoms in total. The third-order valence-corrected chi connectivity index (χ3v) is 3.44. The van der Waals surface area contributed by atoms with Crippen LogP contribution >= 0.6 is 36.4 Å². The molecule has 1 fully saturated rings. The SMILES string of the molecule is Cl.Cl.Oc1c(Cl)cc(F)cc1[C@H](CF)N1CCNCC1. The molecule has 1 heterocycles. The zero-order valence-corrected chi connectivity index (χ0v) is 13.0. The number of halogens is 5. The van der Waals surface area contributed by atoms with Crippen molar-refractivity contribution in [1.82, 2.24) is 10.2 Å². The molecule has 0 unspecified atom stereocenters. The van der Waals surface area contributed by atoms with Gasteiger partial charge in [-0.25, -0.2) is 8.78 Å². The molecule has 8 heteroatoms. The lowest BCUT2D eigenvalue weighted by Crippen LogP contribution is -2.45. The lowest BCUT2D eigenvalue weighted by molar-refractivity contribution is 0.145. The van der Waals surface area contributed by atoms with E-state index in [1.165, 1.54) is 0 Å². The predicted molar refractivity (Wildman–Crippen MR) is 80.7 cm³/mol. The molecule has 1 aromatic rings. The van der Waals surface area contributed by atoms with Crippen LogP contribution in [0.25, 0.3) is 0 Å². The van der Waals surface area contributed by atoms with Crippen LogP contribution < -0.4 is 5.32 Å². The van der Waals surface area contributed by atoms with Gasteiger partial charge < -0.3 is 10.4 Å². The lowest BCUT2D eigenvalue weighted by Gasteiger charge is -2.34. The van der Waals surface area contributed by atoms with Crippen LogP contribution in [0, 0.1) is 5.82 Å². The maximum absolute atomic E-state index is 13.3. The number of phenolic OH excluding ortho intramolecular Hbond substituents is 1. The van der Waals surface area contributed by atoms with Gasteiger partial charge in [-0.05, 0) is 12.1 Å². The number of hydrogen-bond donors (Lipinski definition) is 2. The van der Waals surface area contributed by atoms with E-state index >= 15 is 0 Å². The molecule has 2 N–H and O–H groups in total. The maximum Gasteiger partial charge on any atom is 0.139 e. The first kappa shape index (κ1) is 19.7. The number of phenols is 1. The quantitative estimate of drug-likeness (QED) is 0.881. The molecule has 0 bridgehead atoms. The number of piperazine rings is 1. The Hall–Kier alpha value is -0.330. The number of hydrogen-bond acceptors (Lipinski definition) is 3. The summed E-state index contributed by atoms with van der Waals surface area (Å²) in [6, 6.07) is 1.52. The Morgan fingerprint density at radius 3 is 2.45 bits per heavy atom. The fraction of sp³-hybridized carbons (Fsp3) is 0.500. The van der Waals surface area contributed by atoms with Crippen molar-refractivity contribution < 1.29 is 13.9 Å². The molecule has 1 aliphatic rings. The summed E-state index contributed by atoms with van der Waals surface area (Å²) in [6.45, 7) is 2.12. The van der Waals surface area contributed by atoms with Crippen LogP contribution in [-0.4, -0.2) is 42.9 Å². The molecule has 0 aliphatic carbocycles. The summed E-state index contributed by atoms with van der Waals surface area (Å²) in [5.41, 5.74) is 0.212. The second-order valence-electron chi connectivity index (χ2n) is 4.28. The lowest BCUT2D eigenvalue weighted by atomic mass is 10.0. The highest BCUT2D eigenvalue weighted by molar-refractivity contribution is 6.32. The van der Waals surface area contributed by atoms with Crippen LogP contribution in [0.5, 0.6) is 5.75 Å². The van der Waals surface area contributed by atoms with Crippen molar-refractivity contribution in [3.63, 3.8) is 0 Å². The van der Waals surface area contributed by atoms with Gasteiger partial charge in [0.1, 0.15) is 18.2 Å². The van der Waals surface area contributed by atoms with Gasteiger partial charge in [0, 0.05) is 31.7 Å². The fourth-order valence-electron chi connectivity index (χ4n) is 2.21. The molecule has 0 saturated carbocycles. The number of nitrogens with one attached hydrogen (secondary N) is 1. The summed E-state index contributed by atoms with van der Waals surface area (Å²) in [7, 11) is 0. The van der Waals surface area contributed by atoms with Crippen LogP contribution in [-0.2, 0) is 0 Å². The zero-order valence-electron chi connectivity index (χ0n) is 10.6. The molecule has 1 atom stereocenters. The third-order valence-electron chi connectivity index (χ3n) is 3.16. The Morgan fingerprint density at radius 2 is 1.90 bits per heavy atom. The van der Waals surface area contributed by atoms with Crippen molar-refractivity contribution in [2.45, 2.75) is 6.04 Å². The van der Waals surface area contributed by atoms with Crippen molar-refractivity contribution in [2.24, 2.45) is 0 Å². The maximum atomic E-state index is 13.3. The monoisotopic (exact) mass is 348 g/mol. The van der Waals surface area contributed by atoms with Gasteiger partial charge in [0.25, 0.3) is 0 Å². The second kappa shape index (κ2) is 8.85. The van der Waals surface area contributed by atoms with Crippen molar-refractivity contribution >= 4 is 36.4 Å². The van der Waals surface area contributed by atoms with Crippen LogP contribution in [0.2, 0.25) is 5.02 Å². The minimum absolute atomic E-state index is 0. The summed E-state index contributed by atoms with van der Waals surface area (Å²) in [6.07, 6.45) is 0. The molecule has 1 aromatic carbocycles. The molecule has 20 heavy (non-hydrogen) atoms. The van der Waals surface area contributed by atoms with Crippen LogP contribution in [0.1, 0.15) is 11.6 Å². The van der Waals surface area contributed by atoms with E-state index in [2.05, 4.69) is 5.32 Å². The number of aromatic hydroxyl groups is 1. The first-order valence-corrected chi connectivity index (χ1v) is 6.20. The van der Waals surface area contributed by atoms with E-state index < -0.39 is 18.5 Å². The van der Waals surface area contributed by atoms with Gasteiger partial charge in [-0.15, -0.1) is 24.8 Å². The van der Waals surface area contributed by atoms with Crippen LogP contribution in [0.15, 0.2) is 12.1 Å². The highest BCUT2D eigenvalue weighted by Crippen LogP contribution is 2.35. The molecule has 116 valence electrons. The summed E-state index contributed by atoms with van der Waals surface area (Å²) in [5.74, 6) is -0.805. The first-order chi connectivity index (χ1) is 8.63. The van der Waals surface area contributed by atoms with Crippen LogP contribution in [0.4, 0.5) is 8.78 Å². The molecule has 0 amide bonds. The summed E-state index contributed by atoms with van der Waals surface area (Å²) < 4.78 is 26.6. The normalized spacial score (nSPS) is 16.9. The van der Waals surface area contributed by atoms with Gasteiger partial charge in [0.05, 0.1) is 11.1 Å². The minimum Gasteiger partial charge on any atom is -0.506 e. The van der Waals surface area contributed by atoms with Gasteiger partial charge >= 0.3 is 0 Å². The summed E-state index contributed by atoms with van der Waals surface area (Å²) >= 11 is 5.72. The number of benzene rings is 1. The third kappa shape index (κ3) is 4.33. The second-order valence-corrected chi connectivity index (χ2v) is 4.69. The molecule has 0 radical (unpaired) electrons. The highest BCUT2D eigenvalue weighted by Gasteiger charge is 2.26. The minimum atomic E-state index is -0.687. The van der Waals surface area contributed by atoms with E-state index in [0.717, 1.165) is 25.2 Å². The molecular formula is C12H17Cl3F2N2O. The fourth-order valence-corrected chi connectivity index (χ4v) is 2.42. The highest BCUT2D eigenvalue weighted by atomic mass is 35.5. The Labute approximate surface area is 134 Å². The largest absolute Gasteiger partial charge is 0.506 e. The molecule has 1 aliphatic heterocycles. The van der Waals surface area contributed by atoms with Gasteiger partial charge in [-0.2, -0.15) is 0 Å². The Morgan fingerprint density at radius 1 is 1.30 bits per heavy atom. The van der Waals surface area contributed by atoms with Crippen molar-refractivity contribution in [3.8, 4) is 5.75 Å². The number of nitrogens with zero attached hydrogens (tertiary/aromatic N) is 1. The van der Waals surface area contributed by atoms with E-state index in [-0.39, 0.29) is 41.1 Å². The molecule has 2 rings (SSSR count). The summed E-state index contributed by atoms with van der Waals surface area (Å²) in [4.78, 5) is 1.88. The Balaban J connectivity index is 0.00000180. The van der Waals surface area contributed by atoms with Gasteiger partial charge in [0.2, 0.25) is 0 Å². The van der Waals surface area contributed by atoms with E-state index in [0.29, 0.717) is 13.1 Å².